The van der Waals surface area contributed by atoms with Crippen molar-refractivity contribution < 1.29 is 29.3 Å². The van der Waals surface area contributed by atoms with Crippen molar-refractivity contribution in [3.8, 4) is 0 Å². The van der Waals surface area contributed by atoms with Gasteiger partial charge in [0.05, 0.1) is 0 Å². The van der Waals surface area contributed by atoms with Gasteiger partial charge in [-0.25, -0.2) is 0 Å². The van der Waals surface area contributed by atoms with Crippen molar-refractivity contribution >= 4 is 61.1 Å². The van der Waals surface area contributed by atoms with E-state index < -0.39 is 14.5 Å². The van der Waals surface area contributed by atoms with Gasteiger partial charge < -0.3 is 0 Å². The van der Waals surface area contributed by atoms with E-state index in [0.29, 0.717) is 0 Å². The van der Waals surface area contributed by atoms with Gasteiger partial charge >= 0.3 is 73.3 Å². The molecule has 0 saturated heterocycles. The van der Waals surface area contributed by atoms with E-state index in [1.54, 1.807) is 0 Å². The molecular formula is H5CuNaO3Se2. The first-order valence-corrected chi connectivity index (χ1v) is 2.76. The molecule has 7 heteroatoms. The normalized spacial score (nSPS) is 5.00. The van der Waals surface area contributed by atoms with Gasteiger partial charge in [0, 0.05) is 17.1 Å². The van der Waals surface area contributed by atoms with Gasteiger partial charge in [0.15, 0.2) is 0 Å². The predicted octanol–water partition coefficient (Wildman–Crippen LogP) is -3.18. The molecule has 0 spiro atoms. The molecule has 0 heterocycles. The molecule has 0 aliphatic rings. The van der Waals surface area contributed by atoms with Crippen LogP contribution in [0.4, 0.5) is 0 Å². The first-order valence-electron chi connectivity index (χ1n) is 0.532. The van der Waals surface area contributed by atoms with Crippen LogP contribution >= 0.6 is 0 Å². The maximum atomic E-state index is 8.76. The molecule has 0 fully saturated rings. The zero-order valence-corrected chi connectivity index (χ0v) is 7.27. The molecule has 47 valence electrons. The SMILES string of the molecule is O=[Se](O)O.[Cu].[NaH].[SeH2]. The van der Waals surface area contributed by atoms with E-state index in [-0.39, 0.29) is 63.7 Å². The summed E-state index contributed by atoms with van der Waals surface area (Å²) in [6.07, 6.45) is 0. The Morgan fingerprint density at radius 2 is 1.29 bits per heavy atom. The second-order valence-corrected chi connectivity index (χ2v) is 1.20. The third kappa shape index (κ3) is 62.9. The third-order valence-corrected chi connectivity index (χ3v) is 0. The second kappa shape index (κ2) is 15.7. The predicted molar refractivity (Wildman–Crippen MR) is 26.6 cm³/mol. The summed E-state index contributed by atoms with van der Waals surface area (Å²) in [5, 5.41) is 0. The Kier molecular flexibility index (Phi) is 51.3. The van der Waals surface area contributed by atoms with Crippen LogP contribution in [0.25, 0.3) is 0 Å². The molecule has 0 rings (SSSR count). The minimum absolute atomic E-state index is 0. The Labute approximate surface area is 89.2 Å². The van der Waals surface area contributed by atoms with Gasteiger partial charge in [0.2, 0.25) is 0 Å². The van der Waals surface area contributed by atoms with Crippen LogP contribution in [0.1, 0.15) is 0 Å². The Morgan fingerprint density at radius 1 is 1.29 bits per heavy atom. The van der Waals surface area contributed by atoms with Crippen molar-refractivity contribution in [1.29, 1.82) is 0 Å². The van der Waals surface area contributed by atoms with E-state index in [2.05, 4.69) is 0 Å². The zero-order chi connectivity index (χ0) is 3.58. The second-order valence-electron chi connectivity index (χ2n) is 0.231. The summed E-state index contributed by atoms with van der Waals surface area (Å²) < 4.78 is 23.1. The van der Waals surface area contributed by atoms with Crippen molar-refractivity contribution in [3.63, 3.8) is 0 Å². The van der Waals surface area contributed by atoms with Crippen LogP contribution in [0.15, 0.2) is 0 Å². The summed E-state index contributed by atoms with van der Waals surface area (Å²) in [5.41, 5.74) is 0. The molecule has 0 aromatic rings. The average molecular weight is 297 g/mol. The van der Waals surface area contributed by atoms with E-state index in [1.165, 1.54) is 0 Å². The van der Waals surface area contributed by atoms with Crippen molar-refractivity contribution in [2.75, 3.05) is 0 Å². The Balaban J connectivity index is -0.0000000150. The summed E-state index contributed by atoms with van der Waals surface area (Å²) in [6.45, 7) is 0. The van der Waals surface area contributed by atoms with Crippen LogP contribution in [-0.2, 0) is 20.9 Å². The van der Waals surface area contributed by atoms with E-state index >= 15 is 0 Å². The molecule has 7 heavy (non-hydrogen) atoms. The quantitative estimate of drug-likeness (QED) is 0.464. The van der Waals surface area contributed by atoms with Gasteiger partial charge in [0.1, 0.15) is 0 Å². The molecule has 0 amide bonds. The fraction of sp³-hybridized carbons (Fsp3) is 0. The Morgan fingerprint density at radius 3 is 1.29 bits per heavy atom. The molecular weight excluding hydrogens is 292 g/mol. The van der Waals surface area contributed by atoms with E-state index in [0.717, 1.165) is 0 Å². The monoisotopic (exact) mass is 299 g/mol. The van der Waals surface area contributed by atoms with Crippen LogP contribution in [-0.4, -0.2) is 69.5 Å². The minimum atomic E-state index is -3.29. The summed E-state index contributed by atoms with van der Waals surface area (Å²) in [5.74, 6) is 0. The number of hydrogen-bond donors (Lipinski definition) is 2. The first-order chi connectivity index (χ1) is 1.73. The third-order valence-electron chi connectivity index (χ3n) is 0. The van der Waals surface area contributed by atoms with Crippen molar-refractivity contribution in [2.24, 2.45) is 0 Å². The molecule has 0 aromatic heterocycles. The van der Waals surface area contributed by atoms with E-state index in [9.17, 15) is 0 Å². The van der Waals surface area contributed by atoms with Crippen molar-refractivity contribution in [1.82, 2.24) is 0 Å². The van der Waals surface area contributed by atoms with E-state index in [4.69, 9.17) is 12.2 Å². The number of rotatable bonds is 0. The molecule has 0 aliphatic heterocycles. The summed E-state index contributed by atoms with van der Waals surface area (Å²) in [4.78, 5) is 0. The molecule has 3 nitrogen and oxygen atoms in total. The van der Waals surface area contributed by atoms with Gasteiger partial charge in [-0.2, -0.15) is 0 Å². The Hall–Kier alpha value is 2.28. The maximum absolute atomic E-state index is 8.76. The molecule has 1 radical (unpaired) electrons. The fourth-order valence-corrected chi connectivity index (χ4v) is 0. The van der Waals surface area contributed by atoms with Crippen LogP contribution in [0.3, 0.4) is 0 Å². The molecule has 0 aromatic carbocycles. The number of hydrogen-bond acceptors (Lipinski definition) is 1. The molecule has 0 unspecified atom stereocenters. The van der Waals surface area contributed by atoms with Gasteiger partial charge in [0.25, 0.3) is 0 Å². The summed E-state index contributed by atoms with van der Waals surface area (Å²) in [7, 11) is 0. The first kappa shape index (κ1) is 22.8. The van der Waals surface area contributed by atoms with Crippen molar-refractivity contribution in [3.05, 3.63) is 0 Å². The van der Waals surface area contributed by atoms with Gasteiger partial charge in [-0.05, 0) is 0 Å². The Bertz CT molecular complexity index is 35.9. The standard InChI is InChI=1S/Cu.Na.H2O3Se.H2Se.H/c;;1-4(2)3;;/h;;(H2,1,2,3);1H2;. The van der Waals surface area contributed by atoms with Gasteiger partial charge in [-0.1, -0.05) is 0 Å². The fourth-order valence-electron chi connectivity index (χ4n) is 0. The molecule has 0 bridgehead atoms. The molecule has 0 saturated carbocycles. The molecule has 0 atom stereocenters. The summed E-state index contributed by atoms with van der Waals surface area (Å²) >= 11 is -3.29. The topological polar surface area (TPSA) is 57.5 Å². The van der Waals surface area contributed by atoms with Gasteiger partial charge in [-0.15, -0.1) is 0 Å². The van der Waals surface area contributed by atoms with Gasteiger partial charge in [-0.3, -0.25) is 0 Å². The molecule has 2 N–H and O–H groups in total. The van der Waals surface area contributed by atoms with Crippen LogP contribution < -0.4 is 0 Å². The van der Waals surface area contributed by atoms with Crippen LogP contribution in [0.5, 0.6) is 0 Å². The summed E-state index contributed by atoms with van der Waals surface area (Å²) in [6, 6.07) is 0. The zero-order valence-electron chi connectivity index (χ0n) is 2.51. The van der Waals surface area contributed by atoms with E-state index in [1.807, 2.05) is 0 Å². The molecule has 0 aliphatic carbocycles. The van der Waals surface area contributed by atoms with Crippen LogP contribution in [0.2, 0.25) is 0 Å². The average Bonchev–Trinajstić information content (AvgIpc) is 0.811. The van der Waals surface area contributed by atoms with Crippen LogP contribution in [0, 0.1) is 0 Å². The van der Waals surface area contributed by atoms with Crippen molar-refractivity contribution in [2.45, 2.75) is 0 Å².